The molecule has 1 rings (SSSR count). The number of carbonyl (C=O) groups is 3. The van der Waals surface area contributed by atoms with E-state index in [0.29, 0.717) is 12.8 Å². The van der Waals surface area contributed by atoms with Crippen molar-refractivity contribution in [1.29, 1.82) is 0 Å². The van der Waals surface area contributed by atoms with Crippen molar-refractivity contribution in [3.8, 4) is 0 Å². The van der Waals surface area contributed by atoms with Gasteiger partial charge in [0.05, 0.1) is 18.4 Å². The summed E-state index contributed by atoms with van der Waals surface area (Å²) in [6.07, 6.45) is 1.07. The zero-order chi connectivity index (χ0) is 14.6. The van der Waals surface area contributed by atoms with Crippen LogP contribution in [-0.4, -0.2) is 48.1 Å². The van der Waals surface area contributed by atoms with Gasteiger partial charge in [-0.25, -0.2) is 0 Å². The number of hydrogen-bond acceptors (Lipinski definition) is 4. The average Bonchev–Trinajstić information content (AvgIpc) is 2.70. The molecule has 19 heavy (non-hydrogen) atoms. The molecule has 1 fully saturated rings. The molecule has 1 unspecified atom stereocenters. The highest BCUT2D eigenvalue weighted by Crippen LogP contribution is 2.37. The fourth-order valence-corrected chi connectivity index (χ4v) is 2.60. The normalized spacial score (nSPS) is 25.9. The first kappa shape index (κ1) is 15.5. The third-order valence-electron chi connectivity index (χ3n) is 3.48. The number of carboxylic acids is 1. The fraction of sp³-hybridized carbons (Fsp3) is 0.769. The largest absolute Gasteiger partial charge is 0.481 e. The van der Waals surface area contributed by atoms with Crippen LogP contribution in [0.5, 0.6) is 0 Å². The molecule has 1 aliphatic rings. The summed E-state index contributed by atoms with van der Waals surface area (Å²) in [6.45, 7) is 3.76. The van der Waals surface area contributed by atoms with E-state index in [2.05, 4.69) is 0 Å². The van der Waals surface area contributed by atoms with Gasteiger partial charge in [0.2, 0.25) is 5.91 Å². The number of likely N-dealkylation sites (N-methyl/N-ethyl adjacent to an activating group) is 1. The van der Waals surface area contributed by atoms with Crippen LogP contribution in [0.15, 0.2) is 0 Å². The lowest BCUT2D eigenvalue weighted by atomic mass is 9.95. The predicted octanol–water partition coefficient (Wildman–Crippen LogP) is 0.755. The zero-order valence-electron chi connectivity index (χ0n) is 11.6. The molecule has 1 amide bonds. The highest BCUT2D eigenvalue weighted by Gasteiger charge is 2.42. The zero-order valence-corrected chi connectivity index (χ0v) is 11.6. The van der Waals surface area contributed by atoms with E-state index in [9.17, 15) is 14.4 Å². The van der Waals surface area contributed by atoms with Crippen LogP contribution < -0.4 is 0 Å². The SMILES string of the molecule is CCOC(=O)CN(C)C(=O)[C@H]1CC(C)C[C@H]1C(=O)O. The first-order valence-corrected chi connectivity index (χ1v) is 6.50. The average molecular weight is 271 g/mol. The number of aliphatic carboxylic acids is 1. The van der Waals surface area contributed by atoms with Gasteiger partial charge in [-0.1, -0.05) is 6.92 Å². The first-order chi connectivity index (χ1) is 8.86. The molecule has 3 atom stereocenters. The standard InChI is InChI=1S/C13H21NO5/c1-4-19-11(15)7-14(3)12(16)9-5-8(2)6-10(9)13(17)18/h8-10H,4-7H2,1-3H3,(H,17,18)/t8?,9-,10+/m0/s1. The minimum absolute atomic E-state index is 0.135. The smallest absolute Gasteiger partial charge is 0.325 e. The van der Waals surface area contributed by atoms with Crippen LogP contribution in [0.2, 0.25) is 0 Å². The van der Waals surface area contributed by atoms with Gasteiger partial charge >= 0.3 is 11.9 Å². The second-order valence-electron chi connectivity index (χ2n) is 5.13. The number of carbonyl (C=O) groups excluding carboxylic acids is 2. The molecule has 0 spiro atoms. The van der Waals surface area contributed by atoms with Crippen LogP contribution in [0.1, 0.15) is 26.7 Å². The van der Waals surface area contributed by atoms with Crippen molar-refractivity contribution in [3.05, 3.63) is 0 Å². The third kappa shape index (κ3) is 3.94. The first-order valence-electron chi connectivity index (χ1n) is 6.50. The Bertz CT molecular complexity index is 368. The second-order valence-corrected chi connectivity index (χ2v) is 5.13. The van der Waals surface area contributed by atoms with Crippen molar-refractivity contribution < 1.29 is 24.2 Å². The van der Waals surface area contributed by atoms with Crippen molar-refractivity contribution >= 4 is 17.8 Å². The molecule has 6 heteroatoms. The number of esters is 1. The van der Waals surface area contributed by atoms with Crippen LogP contribution in [0, 0.1) is 17.8 Å². The molecule has 0 saturated heterocycles. The van der Waals surface area contributed by atoms with Gasteiger partial charge in [-0.05, 0) is 25.7 Å². The van der Waals surface area contributed by atoms with E-state index < -0.39 is 23.8 Å². The van der Waals surface area contributed by atoms with Crippen molar-refractivity contribution in [1.82, 2.24) is 4.90 Å². The van der Waals surface area contributed by atoms with Crippen LogP contribution in [-0.2, 0) is 19.1 Å². The van der Waals surface area contributed by atoms with Crippen molar-refractivity contribution in [2.45, 2.75) is 26.7 Å². The number of hydrogen-bond donors (Lipinski definition) is 1. The van der Waals surface area contributed by atoms with Crippen LogP contribution >= 0.6 is 0 Å². The maximum absolute atomic E-state index is 12.2. The van der Waals surface area contributed by atoms with Gasteiger partial charge in [0.15, 0.2) is 0 Å². The number of carboxylic acid groups (broad SMARTS) is 1. The molecular weight excluding hydrogens is 250 g/mol. The minimum Gasteiger partial charge on any atom is -0.481 e. The van der Waals surface area contributed by atoms with Crippen molar-refractivity contribution in [2.24, 2.45) is 17.8 Å². The molecular formula is C13H21NO5. The summed E-state index contributed by atoms with van der Waals surface area (Å²) in [7, 11) is 1.50. The predicted molar refractivity (Wildman–Crippen MR) is 67.3 cm³/mol. The summed E-state index contributed by atoms with van der Waals surface area (Å²) < 4.78 is 4.77. The van der Waals surface area contributed by atoms with Crippen molar-refractivity contribution in [2.75, 3.05) is 20.2 Å². The van der Waals surface area contributed by atoms with E-state index >= 15 is 0 Å². The molecule has 0 aliphatic heterocycles. The molecule has 0 aromatic heterocycles. The summed E-state index contributed by atoms with van der Waals surface area (Å²) in [5.41, 5.74) is 0. The van der Waals surface area contributed by atoms with Crippen LogP contribution in [0.4, 0.5) is 0 Å². The Kier molecular flexibility index (Phi) is 5.32. The van der Waals surface area contributed by atoms with Gasteiger partial charge in [0.25, 0.3) is 0 Å². The third-order valence-corrected chi connectivity index (χ3v) is 3.48. The molecule has 1 aliphatic carbocycles. The van der Waals surface area contributed by atoms with E-state index in [4.69, 9.17) is 9.84 Å². The maximum atomic E-state index is 12.2. The summed E-state index contributed by atoms with van der Waals surface area (Å²) in [5, 5.41) is 9.14. The summed E-state index contributed by atoms with van der Waals surface area (Å²) in [5.74, 6) is -2.67. The van der Waals surface area contributed by atoms with E-state index in [0.717, 1.165) is 0 Å². The topological polar surface area (TPSA) is 83.9 Å². The number of ether oxygens (including phenoxy) is 1. The summed E-state index contributed by atoms with van der Waals surface area (Å²) in [4.78, 5) is 35.9. The molecule has 1 saturated carbocycles. The van der Waals surface area contributed by atoms with Crippen LogP contribution in [0.3, 0.4) is 0 Å². The molecule has 1 N–H and O–H groups in total. The van der Waals surface area contributed by atoms with Gasteiger partial charge in [0.1, 0.15) is 6.54 Å². The van der Waals surface area contributed by atoms with Gasteiger partial charge < -0.3 is 14.7 Å². The second kappa shape index (κ2) is 6.54. The monoisotopic (exact) mass is 271 g/mol. The lowest BCUT2D eigenvalue weighted by molar-refractivity contribution is -0.152. The molecule has 0 aromatic carbocycles. The Hall–Kier alpha value is -1.59. The number of amides is 1. The number of rotatable bonds is 5. The van der Waals surface area contributed by atoms with E-state index in [1.165, 1.54) is 11.9 Å². The summed E-state index contributed by atoms with van der Waals surface area (Å²) in [6, 6.07) is 0. The Balaban J connectivity index is 2.65. The maximum Gasteiger partial charge on any atom is 0.325 e. The Labute approximate surface area is 112 Å². The van der Waals surface area contributed by atoms with Crippen LogP contribution in [0.25, 0.3) is 0 Å². The Morgan fingerprint density at radius 3 is 2.37 bits per heavy atom. The fourth-order valence-electron chi connectivity index (χ4n) is 2.60. The highest BCUT2D eigenvalue weighted by molar-refractivity contribution is 5.87. The molecule has 0 heterocycles. The van der Waals surface area contributed by atoms with Gasteiger partial charge in [-0.15, -0.1) is 0 Å². The molecule has 108 valence electrons. The van der Waals surface area contributed by atoms with Gasteiger partial charge in [0, 0.05) is 7.05 Å². The van der Waals surface area contributed by atoms with E-state index in [-0.39, 0.29) is 25.0 Å². The molecule has 0 radical (unpaired) electrons. The quantitative estimate of drug-likeness (QED) is 0.746. The van der Waals surface area contributed by atoms with E-state index in [1.54, 1.807) is 6.92 Å². The molecule has 0 bridgehead atoms. The highest BCUT2D eigenvalue weighted by atomic mass is 16.5. The minimum atomic E-state index is -0.938. The number of nitrogens with zero attached hydrogens (tertiary/aromatic N) is 1. The molecule has 0 aromatic rings. The Morgan fingerprint density at radius 1 is 1.26 bits per heavy atom. The lowest BCUT2D eigenvalue weighted by Crippen LogP contribution is -2.39. The van der Waals surface area contributed by atoms with E-state index in [1.807, 2.05) is 6.92 Å². The Morgan fingerprint density at radius 2 is 1.84 bits per heavy atom. The van der Waals surface area contributed by atoms with Crippen molar-refractivity contribution in [3.63, 3.8) is 0 Å². The van der Waals surface area contributed by atoms with Gasteiger partial charge in [-0.3, -0.25) is 14.4 Å². The lowest BCUT2D eigenvalue weighted by Gasteiger charge is -2.22. The van der Waals surface area contributed by atoms with Gasteiger partial charge in [-0.2, -0.15) is 0 Å². The summed E-state index contributed by atoms with van der Waals surface area (Å²) >= 11 is 0. The molecule has 6 nitrogen and oxygen atoms in total.